The first-order chi connectivity index (χ1) is 11.8. The lowest BCUT2D eigenvalue weighted by Gasteiger charge is -2.32. The summed E-state index contributed by atoms with van der Waals surface area (Å²) in [6, 6.07) is 8.86. The molecule has 2 heterocycles. The smallest absolute Gasteiger partial charge is 0.119 e. The Hall–Kier alpha value is -1.14. The summed E-state index contributed by atoms with van der Waals surface area (Å²) in [7, 11) is 0. The Bertz CT molecular complexity index is 488. The van der Waals surface area contributed by atoms with Crippen molar-refractivity contribution in [3.05, 3.63) is 29.8 Å². The van der Waals surface area contributed by atoms with Crippen LogP contribution in [-0.2, 0) is 4.74 Å². The van der Waals surface area contributed by atoms with E-state index in [4.69, 9.17) is 9.47 Å². The van der Waals surface area contributed by atoms with Crippen molar-refractivity contribution in [3.63, 3.8) is 0 Å². The Morgan fingerprint density at radius 1 is 1.17 bits per heavy atom. The van der Waals surface area contributed by atoms with Crippen molar-refractivity contribution in [1.29, 1.82) is 0 Å². The molecule has 1 aromatic carbocycles. The van der Waals surface area contributed by atoms with Crippen molar-refractivity contribution in [2.75, 3.05) is 52.5 Å². The molecule has 3 rings (SSSR count). The Kier molecular flexibility index (Phi) is 6.49. The number of morpholine rings is 1. The minimum atomic E-state index is -0.300. The zero-order chi connectivity index (χ0) is 16.8. The van der Waals surface area contributed by atoms with Gasteiger partial charge in [0.25, 0.3) is 0 Å². The Labute approximate surface area is 145 Å². The quantitative estimate of drug-likeness (QED) is 0.825. The molecular weight excluding hydrogens is 304 g/mol. The van der Waals surface area contributed by atoms with Gasteiger partial charge in [-0.15, -0.1) is 0 Å². The fourth-order valence-electron chi connectivity index (χ4n) is 3.79. The van der Waals surface area contributed by atoms with Gasteiger partial charge in [0, 0.05) is 32.2 Å². The van der Waals surface area contributed by atoms with Gasteiger partial charge in [0.1, 0.15) is 5.75 Å². The van der Waals surface area contributed by atoms with Crippen LogP contribution in [0.25, 0.3) is 0 Å². The SMILES string of the molecule is CCOc1ccc(C2CCCN2CC(O)CN2CCOCC2)cc1. The molecule has 134 valence electrons. The van der Waals surface area contributed by atoms with Crippen LogP contribution in [0.4, 0.5) is 0 Å². The summed E-state index contributed by atoms with van der Waals surface area (Å²) in [5.41, 5.74) is 1.33. The number of aliphatic hydroxyl groups excluding tert-OH is 1. The summed E-state index contributed by atoms with van der Waals surface area (Å²) in [5.74, 6) is 0.929. The highest BCUT2D eigenvalue weighted by molar-refractivity contribution is 5.29. The Morgan fingerprint density at radius 2 is 1.92 bits per heavy atom. The molecule has 0 spiro atoms. The molecule has 0 aliphatic carbocycles. The van der Waals surface area contributed by atoms with E-state index in [0.29, 0.717) is 12.6 Å². The number of β-amino-alcohol motifs (C(OH)–C–C–N with tert-alkyl or cyclic N) is 1. The summed E-state index contributed by atoms with van der Waals surface area (Å²) < 4.78 is 10.9. The third-order valence-electron chi connectivity index (χ3n) is 4.96. The average molecular weight is 334 g/mol. The number of ether oxygens (including phenoxy) is 2. The van der Waals surface area contributed by atoms with Gasteiger partial charge in [-0.1, -0.05) is 12.1 Å². The van der Waals surface area contributed by atoms with Crippen LogP contribution in [0.15, 0.2) is 24.3 Å². The third kappa shape index (κ3) is 4.70. The molecule has 5 nitrogen and oxygen atoms in total. The summed E-state index contributed by atoms with van der Waals surface area (Å²) >= 11 is 0. The van der Waals surface area contributed by atoms with Crippen LogP contribution in [0, 0.1) is 0 Å². The molecule has 2 fully saturated rings. The first kappa shape index (κ1) is 17.7. The van der Waals surface area contributed by atoms with Crippen molar-refractivity contribution >= 4 is 0 Å². The number of aliphatic hydroxyl groups is 1. The van der Waals surface area contributed by atoms with Crippen LogP contribution in [0.5, 0.6) is 5.75 Å². The average Bonchev–Trinajstić information content (AvgIpc) is 3.05. The van der Waals surface area contributed by atoms with Crippen LogP contribution < -0.4 is 4.74 Å². The molecule has 2 aliphatic rings. The summed E-state index contributed by atoms with van der Waals surface area (Å²) in [6.07, 6.45) is 2.06. The van der Waals surface area contributed by atoms with Crippen molar-refractivity contribution in [1.82, 2.24) is 9.80 Å². The topological polar surface area (TPSA) is 45.2 Å². The van der Waals surface area contributed by atoms with Crippen molar-refractivity contribution in [3.8, 4) is 5.75 Å². The second-order valence-electron chi connectivity index (χ2n) is 6.72. The molecule has 1 aromatic rings. The molecule has 2 aliphatic heterocycles. The molecule has 2 atom stereocenters. The normalized spacial score (nSPS) is 24.2. The van der Waals surface area contributed by atoms with Crippen LogP contribution >= 0.6 is 0 Å². The van der Waals surface area contributed by atoms with Gasteiger partial charge < -0.3 is 14.6 Å². The van der Waals surface area contributed by atoms with Crippen LogP contribution in [-0.4, -0.2) is 73.6 Å². The van der Waals surface area contributed by atoms with Gasteiger partial charge in [0.15, 0.2) is 0 Å². The summed E-state index contributed by atoms with van der Waals surface area (Å²) in [5, 5.41) is 10.5. The lowest BCUT2D eigenvalue weighted by molar-refractivity contribution is 0.00585. The maximum atomic E-state index is 10.5. The van der Waals surface area contributed by atoms with E-state index in [2.05, 4.69) is 34.1 Å². The summed E-state index contributed by atoms with van der Waals surface area (Å²) in [4.78, 5) is 4.73. The largest absolute Gasteiger partial charge is 0.494 e. The van der Waals surface area contributed by atoms with E-state index in [1.54, 1.807) is 0 Å². The van der Waals surface area contributed by atoms with E-state index in [9.17, 15) is 5.11 Å². The van der Waals surface area contributed by atoms with Gasteiger partial charge in [-0.05, 0) is 44.0 Å². The molecule has 5 heteroatoms. The molecule has 1 N–H and O–H groups in total. The molecule has 2 saturated heterocycles. The predicted molar refractivity (Wildman–Crippen MR) is 94.4 cm³/mol. The van der Waals surface area contributed by atoms with E-state index in [-0.39, 0.29) is 6.10 Å². The second kappa shape index (κ2) is 8.81. The van der Waals surface area contributed by atoms with Crippen LogP contribution in [0.2, 0.25) is 0 Å². The van der Waals surface area contributed by atoms with Gasteiger partial charge >= 0.3 is 0 Å². The Morgan fingerprint density at radius 3 is 2.62 bits per heavy atom. The van der Waals surface area contributed by atoms with Crippen molar-refractivity contribution in [2.45, 2.75) is 31.9 Å². The van der Waals surface area contributed by atoms with Crippen molar-refractivity contribution in [2.24, 2.45) is 0 Å². The minimum absolute atomic E-state index is 0.300. The Balaban J connectivity index is 1.54. The molecule has 0 saturated carbocycles. The maximum absolute atomic E-state index is 10.5. The highest BCUT2D eigenvalue weighted by atomic mass is 16.5. The number of benzene rings is 1. The van der Waals surface area contributed by atoms with Gasteiger partial charge in [-0.2, -0.15) is 0 Å². The fraction of sp³-hybridized carbons (Fsp3) is 0.684. The number of nitrogens with zero attached hydrogens (tertiary/aromatic N) is 2. The highest BCUT2D eigenvalue weighted by Gasteiger charge is 2.28. The van der Waals surface area contributed by atoms with Crippen molar-refractivity contribution < 1.29 is 14.6 Å². The van der Waals surface area contributed by atoms with E-state index in [1.165, 1.54) is 12.0 Å². The number of likely N-dealkylation sites (tertiary alicyclic amines) is 1. The zero-order valence-corrected chi connectivity index (χ0v) is 14.7. The van der Waals surface area contributed by atoms with E-state index >= 15 is 0 Å². The van der Waals surface area contributed by atoms with Crippen LogP contribution in [0.1, 0.15) is 31.4 Å². The standard InChI is InChI=1S/C19H30N2O3/c1-2-24-18-7-5-16(6-8-18)19-4-3-9-21(19)15-17(22)14-20-10-12-23-13-11-20/h5-8,17,19,22H,2-4,9-15H2,1H3. The first-order valence-electron chi connectivity index (χ1n) is 9.21. The van der Waals surface area contributed by atoms with E-state index in [1.807, 2.05) is 6.92 Å². The lowest BCUT2D eigenvalue weighted by atomic mass is 10.0. The molecule has 0 bridgehead atoms. The number of rotatable bonds is 7. The number of hydrogen-bond acceptors (Lipinski definition) is 5. The first-order valence-corrected chi connectivity index (χ1v) is 9.21. The molecule has 0 radical (unpaired) electrons. The van der Waals surface area contributed by atoms with E-state index in [0.717, 1.165) is 58.1 Å². The van der Waals surface area contributed by atoms with E-state index < -0.39 is 0 Å². The molecule has 0 amide bonds. The molecule has 24 heavy (non-hydrogen) atoms. The second-order valence-corrected chi connectivity index (χ2v) is 6.72. The van der Waals surface area contributed by atoms with Gasteiger partial charge in [0.05, 0.1) is 25.9 Å². The lowest BCUT2D eigenvalue weighted by Crippen LogP contribution is -2.44. The molecule has 2 unspecified atom stereocenters. The fourth-order valence-corrected chi connectivity index (χ4v) is 3.79. The number of hydrogen-bond donors (Lipinski definition) is 1. The maximum Gasteiger partial charge on any atom is 0.119 e. The van der Waals surface area contributed by atoms with Crippen LogP contribution in [0.3, 0.4) is 0 Å². The molecule has 0 aromatic heterocycles. The highest BCUT2D eigenvalue weighted by Crippen LogP contribution is 2.32. The zero-order valence-electron chi connectivity index (χ0n) is 14.7. The van der Waals surface area contributed by atoms with Gasteiger partial charge in [0.2, 0.25) is 0 Å². The monoisotopic (exact) mass is 334 g/mol. The summed E-state index contributed by atoms with van der Waals surface area (Å²) in [6.45, 7) is 8.68. The van der Waals surface area contributed by atoms with Gasteiger partial charge in [-0.3, -0.25) is 9.80 Å². The molecular formula is C19H30N2O3. The predicted octanol–water partition coefficient (Wildman–Crippen LogP) is 1.92. The third-order valence-corrected chi connectivity index (χ3v) is 4.96. The minimum Gasteiger partial charge on any atom is -0.494 e. The van der Waals surface area contributed by atoms with Gasteiger partial charge in [-0.25, -0.2) is 0 Å².